The van der Waals surface area contributed by atoms with Crippen LogP contribution in [0.1, 0.15) is 36.8 Å². The van der Waals surface area contributed by atoms with Crippen molar-refractivity contribution < 1.29 is 4.92 Å². The highest BCUT2D eigenvalue weighted by Gasteiger charge is 2.15. The van der Waals surface area contributed by atoms with Crippen LogP contribution in [0.25, 0.3) is 0 Å². The van der Waals surface area contributed by atoms with Gasteiger partial charge in [0.25, 0.3) is 5.69 Å². The minimum absolute atomic E-state index is 0.132. The number of nitro groups is 1. The van der Waals surface area contributed by atoms with Crippen molar-refractivity contribution in [3.05, 3.63) is 39.4 Å². The summed E-state index contributed by atoms with van der Waals surface area (Å²) in [4.78, 5) is 10.3. The van der Waals surface area contributed by atoms with Gasteiger partial charge in [-0.25, -0.2) is 0 Å². The molecule has 84 valence electrons. The van der Waals surface area contributed by atoms with E-state index in [1.807, 2.05) is 0 Å². The summed E-state index contributed by atoms with van der Waals surface area (Å²) < 4.78 is 0. The van der Waals surface area contributed by atoms with Crippen LogP contribution < -0.4 is 0 Å². The Morgan fingerprint density at radius 1 is 1.19 bits per heavy atom. The van der Waals surface area contributed by atoms with Gasteiger partial charge in [-0.3, -0.25) is 10.1 Å². The van der Waals surface area contributed by atoms with Gasteiger partial charge in [-0.15, -0.1) is 0 Å². The topological polar surface area (TPSA) is 67.0 Å². The van der Waals surface area contributed by atoms with E-state index >= 15 is 0 Å². The summed E-state index contributed by atoms with van der Waals surface area (Å²) in [5.74, 6) is 0. The number of hydrogen-bond acceptors (Lipinski definition) is 3. The Labute approximate surface area is 94.0 Å². The van der Waals surface area contributed by atoms with Gasteiger partial charge in [0, 0.05) is 17.8 Å². The van der Waals surface area contributed by atoms with Crippen LogP contribution in [-0.4, -0.2) is 10.6 Å². The third kappa shape index (κ3) is 2.10. The minimum atomic E-state index is -0.372. The highest BCUT2D eigenvalue weighted by Crippen LogP contribution is 2.24. The summed E-state index contributed by atoms with van der Waals surface area (Å²) in [6.45, 7) is 0. The van der Waals surface area contributed by atoms with Gasteiger partial charge in [0.15, 0.2) is 0 Å². The predicted octanol–water partition coefficient (Wildman–Crippen LogP) is 3.08. The van der Waals surface area contributed by atoms with E-state index in [1.165, 1.54) is 6.07 Å². The lowest BCUT2D eigenvalue weighted by molar-refractivity contribution is -0.384. The van der Waals surface area contributed by atoms with Crippen molar-refractivity contribution in [2.75, 3.05) is 0 Å². The molecule has 1 aromatic carbocycles. The van der Waals surface area contributed by atoms with E-state index in [-0.39, 0.29) is 10.6 Å². The van der Waals surface area contributed by atoms with Gasteiger partial charge < -0.3 is 5.41 Å². The molecule has 0 aromatic heterocycles. The Bertz CT molecular complexity index is 441. The van der Waals surface area contributed by atoms with E-state index in [2.05, 4.69) is 0 Å². The molecule has 0 spiro atoms. The predicted molar refractivity (Wildman–Crippen MR) is 62.1 cm³/mol. The number of nitrogens with one attached hydrogen (secondary N) is 1. The van der Waals surface area contributed by atoms with Gasteiger partial charge >= 0.3 is 0 Å². The zero-order valence-electron chi connectivity index (χ0n) is 9.03. The van der Waals surface area contributed by atoms with Crippen LogP contribution in [0.2, 0.25) is 0 Å². The molecule has 0 saturated carbocycles. The number of fused-ring (bicyclic) bond motifs is 1. The van der Waals surface area contributed by atoms with Crippen molar-refractivity contribution >= 4 is 11.4 Å². The number of non-ortho nitro benzene ring substituents is 1. The standard InChI is InChI=1S/C12H14N2O2/c13-12-5-3-1-2-4-9-8-10(14(15)16)6-7-11(9)12/h6-8,13H,1-5H2. The zero-order chi connectivity index (χ0) is 11.5. The molecule has 1 aliphatic carbocycles. The molecule has 0 amide bonds. The Morgan fingerprint density at radius 3 is 2.69 bits per heavy atom. The molecule has 4 heteroatoms. The van der Waals surface area contributed by atoms with Crippen LogP contribution in [0.4, 0.5) is 5.69 Å². The van der Waals surface area contributed by atoms with Crippen molar-refractivity contribution in [3.63, 3.8) is 0 Å². The van der Waals surface area contributed by atoms with Crippen LogP contribution in [0, 0.1) is 15.5 Å². The lowest BCUT2D eigenvalue weighted by Crippen LogP contribution is -2.07. The molecule has 0 fully saturated rings. The summed E-state index contributed by atoms with van der Waals surface area (Å²) in [6.07, 6.45) is 4.84. The Balaban J connectivity index is 2.42. The maximum Gasteiger partial charge on any atom is 0.269 e. The molecule has 0 bridgehead atoms. The van der Waals surface area contributed by atoms with E-state index in [4.69, 9.17) is 5.41 Å². The molecular weight excluding hydrogens is 204 g/mol. The second kappa shape index (κ2) is 4.43. The molecule has 0 radical (unpaired) electrons. The van der Waals surface area contributed by atoms with Crippen molar-refractivity contribution in [1.29, 1.82) is 5.41 Å². The fraction of sp³-hybridized carbons (Fsp3) is 0.417. The van der Waals surface area contributed by atoms with Crippen LogP contribution >= 0.6 is 0 Å². The molecule has 0 atom stereocenters. The smallest absolute Gasteiger partial charge is 0.269 e. The molecular formula is C12H14N2O2. The number of aryl methyl sites for hydroxylation is 1. The third-order valence-corrected chi connectivity index (χ3v) is 3.00. The van der Waals surface area contributed by atoms with E-state index in [9.17, 15) is 10.1 Å². The second-order valence-corrected chi connectivity index (χ2v) is 4.14. The minimum Gasteiger partial charge on any atom is -0.305 e. The van der Waals surface area contributed by atoms with Gasteiger partial charge in [0.05, 0.1) is 4.92 Å². The van der Waals surface area contributed by atoms with Gasteiger partial charge in [-0.05, 0) is 42.9 Å². The number of nitro benzene ring substituents is 1. The molecule has 0 unspecified atom stereocenters. The number of benzene rings is 1. The van der Waals surface area contributed by atoms with E-state index < -0.39 is 0 Å². The Kier molecular flexibility index (Phi) is 2.99. The monoisotopic (exact) mass is 218 g/mol. The summed E-state index contributed by atoms with van der Waals surface area (Å²) in [5, 5.41) is 18.6. The first kappa shape index (κ1) is 10.8. The van der Waals surface area contributed by atoms with Crippen LogP contribution in [0.3, 0.4) is 0 Å². The van der Waals surface area contributed by atoms with E-state index in [1.54, 1.807) is 12.1 Å². The van der Waals surface area contributed by atoms with Gasteiger partial charge in [0.1, 0.15) is 0 Å². The van der Waals surface area contributed by atoms with Crippen molar-refractivity contribution in [2.45, 2.75) is 32.1 Å². The van der Waals surface area contributed by atoms with Gasteiger partial charge in [-0.2, -0.15) is 0 Å². The summed E-state index contributed by atoms with van der Waals surface area (Å²) in [5.41, 5.74) is 2.60. The van der Waals surface area contributed by atoms with Crippen molar-refractivity contribution in [1.82, 2.24) is 0 Å². The fourth-order valence-corrected chi connectivity index (χ4v) is 2.12. The highest BCUT2D eigenvalue weighted by molar-refractivity contribution is 5.99. The first-order valence-corrected chi connectivity index (χ1v) is 5.53. The first-order valence-electron chi connectivity index (χ1n) is 5.53. The van der Waals surface area contributed by atoms with Crippen LogP contribution in [-0.2, 0) is 6.42 Å². The zero-order valence-corrected chi connectivity index (χ0v) is 9.03. The SMILES string of the molecule is N=C1CCCCCc2cc([N+](=O)[O-])ccc21. The number of nitrogens with zero attached hydrogens (tertiary/aromatic N) is 1. The lowest BCUT2D eigenvalue weighted by Gasteiger charge is -2.14. The summed E-state index contributed by atoms with van der Waals surface area (Å²) in [7, 11) is 0. The molecule has 0 saturated heterocycles. The Morgan fingerprint density at radius 2 is 1.94 bits per heavy atom. The maximum atomic E-state index is 10.7. The third-order valence-electron chi connectivity index (χ3n) is 3.00. The highest BCUT2D eigenvalue weighted by atomic mass is 16.6. The quantitative estimate of drug-likeness (QED) is 0.581. The molecule has 2 rings (SSSR count). The lowest BCUT2D eigenvalue weighted by atomic mass is 9.92. The average molecular weight is 218 g/mol. The van der Waals surface area contributed by atoms with Gasteiger partial charge in [0.2, 0.25) is 0 Å². The molecule has 0 aliphatic heterocycles. The second-order valence-electron chi connectivity index (χ2n) is 4.14. The van der Waals surface area contributed by atoms with Gasteiger partial charge in [-0.1, -0.05) is 6.42 Å². The molecule has 0 heterocycles. The average Bonchev–Trinajstić information content (AvgIpc) is 2.25. The largest absolute Gasteiger partial charge is 0.305 e. The summed E-state index contributed by atoms with van der Waals surface area (Å²) in [6, 6.07) is 4.84. The molecule has 1 N–H and O–H groups in total. The van der Waals surface area contributed by atoms with E-state index in [0.717, 1.165) is 43.2 Å². The Hall–Kier alpha value is -1.71. The maximum absolute atomic E-state index is 10.7. The van der Waals surface area contributed by atoms with Crippen LogP contribution in [0.15, 0.2) is 18.2 Å². The first-order chi connectivity index (χ1) is 7.68. The van der Waals surface area contributed by atoms with E-state index in [0.29, 0.717) is 5.71 Å². The molecule has 1 aliphatic rings. The van der Waals surface area contributed by atoms with Crippen molar-refractivity contribution in [3.8, 4) is 0 Å². The number of hydrogen-bond donors (Lipinski definition) is 1. The molecule has 1 aromatic rings. The van der Waals surface area contributed by atoms with Crippen molar-refractivity contribution in [2.24, 2.45) is 0 Å². The molecule has 4 nitrogen and oxygen atoms in total. The van der Waals surface area contributed by atoms with Crippen LogP contribution in [0.5, 0.6) is 0 Å². The molecule has 16 heavy (non-hydrogen) atoms. The normalized spacial score (nSPS) is 16.1. The fourth-order valence-electron chi connectivity index (χ4n) is 2.12. The number of rotatable bonds is 1. The summed E-state index contributed by atoms with van der Waals surface area (Å²) >= 11 is 0.